The Morgan fingerprint density at radius 1 is 1.11 bits per heavy atom. The highest BCUT2D eigenvalue weighted by atomic mass is 16.5. The number of nitrogens with one attached hydrogen (secondary N) is 3. The largest absolute Gasteiger partial charge is 0.497 e. The molecule has 0 radical (unpaired) electrons. The lowest BCUT2D eigenvalue weighted by Crippen LogP contribution is -2.52. The second-order valence-electron chi connectivity index (χ2n) is 9.14. The van der Waals surface area contributed by atoms with Crippen molar-refractivity contribution in [2.45, 2.75) is 44.8 Å². The van der Waals surface area contributed by atoms with E-state index in [4.69, 9.17) is 10.5 Å². The maximum Gasteiger partial charge on any atom is 0.319 e. The predicted molar refractivity (Wildman–Crippen MR) is 140 cm³/mol. The molecule has 10 heteroatoms. The first-order chi connectivity index (χ1) is 17.7. The maximum absolute atomic E-state index is 13.3. The van der Waals surface area contributed by atoms with Gasteiger partial charge in [-0.1, -0.05) is 42.0 Å². The Morgan fingerprint density at radius 2 is 1.84 bits per heavy atom. The standard InChI is InChI=1S/C27H33N5O5/c1-17(2)12-24(33)32-16-20(30-27(36)29-19-10-7-11-21(14-19)37-3)15-23(32)26(35)31-22(25(28)34)13-18-8-5-4-6-9-18/h4-12,14,20,22-23H,13,15-16H2,1-3H3,(H2,28,34)(H,31,35)(H2,29,30,36). The normalized spacial score (nSPS) is 17.3. The van der Waals surface area contributed by atoms with Crippen LogP contribution in [0, 0.1) is 0 Å². The van der Waals surface area contributed by atoms with Gasteiger partial charge in [0.1, 0.15) is 17.8 Å². The number of primary amides is 1. The molecule has 5 amide bonds. The summed E-state index contributed by atoms with van der Waals surface area (Å²) < 4.78 is 5.17. The first-order valence-electron chi connectivity index (χ1n) is 12.0. The van der Waals surface area contributed by atoms with Gasteiger partial charge < -0.3 is 31.3 Å². The zero-order valence-electron chi connectivity index (χ0n) is 21.2. The van der Waals surface area contributed by atoms with Crippen molar-refractivity contribution < 1.29 is 23.9 Å². The van der Waals surface area contributed by atoms with E-state index < -0.39 is 36.0 Å². The van der Waals surface area contributed by atoms with Crippen molar-refractivity contribution in [2.75, 3.05) is 19.0 Å². The van der Waals surface area contributed by atoms with Crippen molar-refractivity contribution in [3.63, 3.8) is 0 Å². The van der Waals surface area contributed by atoms with Crippen molar-refractivity contribution in [1.29, 1.82) is 0 Å². The Hall–Kier alpha value is -4.34. The molecular weight excluding hydrogens is 474 g/mol. The van der Waals surface area contributed by atoms with Gasteiger partial charge in [0.05, 0.1) is 13.2 Å². The van der Waals surface area contributed by atoms with Crippen LogP contribution in [0.3, 0.4) is 0 Å². The van der Waals surface area contributed by atoms with Gasteiger partial charge in [0, 0.05) is 30.8 Å². The summed E-state index contributed by atoms with van der Waals surface area (Å²) in [5, 5.41) is 8.26. The van der Waals surface area contributed by atoms with Crippen molar-refractivity contribution in [3.8, 4) is 5.75 Å². The molecule has 3 unspecified atom stereocenters. The van der Waals surface area contributed by atoms with E-state index in [1.165, 1.54) is 18.1 Å². The van der Waals surface area contributed by atoms with Gasteiger partial charge in [-0.25, -0.2) is 4.79 Å². The second-order valence-corrected chi connectivity index (χ2v) is 9.14. The molecule has 0 aliphatic carbocycles. The van der Waals surface area contributed by atoms with Gasteiger partial charge in [-0.15, -0.1) is 0 Å². The van der Waals surface area contributed by atoms with Gasteiger partial charge >= 0.3 is 6.03 Å². The van der Waals surface area contributed by atoms with Gasteiger partial charge in [0.15, 0.2) is 0 Å². The molecule has 2 aromatic rings. The average molecular weight is 508 g/mol. The van der Waals surface area contributed by atoms with Crippen LogP contribution in [-0.2, 0) is 20.8 Å². The Kier molecular flexibility index (Phi) is 9.26. The molecule has 1 fully saturated rings. The molecule has 2 aromatic carbocycles. The van der Waals surface area contributed by atoms with Crippen LogP contribution in [0.5, 0.6) is 5.75 Å². The molecular formula is C27H33N5O5. The fourth-order valence-corrected chi connectivity index (χ4v) is 4.16. The zero-order chi connectivity index (χ0) is 26.9. The van der Waals surface area contributed by atoms with Crippen LogP contribution in [0.4, 0.5) is 10.5 Å². The first kappa shape index (κ1) is 27.3. The third kappa shape index (κ3) is 7.83. The van der Waals surface area contributed by atoms with Crippen LogP contribution in [0.2, 0.25) is 0 Å². The number of carbonyl (C=O) groups is 4. The Morgan fingerprint density at radius 3 is 2.49 bits per heavy atom. The molecule has 1 aliphatic heterocycles. The van der Waals surface area contributed by atoms with Gasteiger partial charge in [-0.3, -0.25) is 14.4 Å². The third-order valence-electron chi connectivity index (χ3n) is 5.90. The molecule has 1 saturated heterocycles. The lowest BCUT2D eigenvalue weighted by Gasteiger charge is -2.25. The highest BCUT2D eigenvalue weighted by Crippen LogP contribution is 2.21. The molecule has 196 valence electrons. The van der Waals surface area contributed by atoms with Crippen LogP contribution in [-0.4, -0.2) is 60.4 Å². The number of hydrogen-bond donors (Lipinski definition) is 4. The lowest BCUT2D eigenvalue weighted by atomic mass is 10.0. The Labute approximate surface area is 216 Å². The predicted octanol–water partition coefficient (Wildman–Crippen LogP) is 1.97. The minimum Gasteiger partial charge on any atom is -0.497 e. The van der Waals surface area contributed by atoms with Crippen LogP contribution in [0.15, 0.2) is 66.2 Å². The number of urea groups is 1. The van der Waals surface area contributed by atoms with E-state index in [-0.39, 0.29) is 25.3 Å². The summed E-state index contributed by atoms with van der Waals surface area (Å²) in [5.74, 6) is -0.942. The molecule has 0 bridgehead atoms. The molecule has 0 saturated carbocycles. The van der Waals surface area contributed by atoms with E-state index in [9.17, 15) is 19.2 Å². The maximum atomic E-state index is 13.3. The van der Waals surface area contributed by atoms with E-state index in [0.717, 1.165) is 11.1 Å². The van der Waals surface area contributed by atoms with Gasteiger partial charge in [-0.05, 0) is 38.0 Å². The molecule has 5 N–H and O–H groups in total. The summed E-state index contributed by atoms with van der Waals surface area (Å²) in [5.41, 5.74) is 7.71. The number of hydrogen-bond acceptors (Lipinski definition) is 5. The number of nitrogens with two attached hydrogens (primary N) is 1. The number of methoxy groups -OCH3 is 1. The highest BCUT2D eigenvalue weighted by Gasteiger charge is 2.40. The number of nitrogens with zero attached hydrogens (tertiary/aromatic N) is 1. The van der Waals surface area contributed by atoms with Gasteiger partial charge in [0.25, 0.3) is 0 Å². The topological polar surface area (TPSA) is 143 Å². The minimum atomic E-state index is -0.946. The van der Waals surface area contributed by atoms with E-state index in [1.807, 2.05) is 30.3 Å². The highest BCUT2D eigenvalue weighted by molar-refractivity contribution is 5.96. The molecule has 0 aromatic heterocycles. The fraction of sp³-hybridized carbons (Fsp3) is 0.333. The number of likely N-dealkylation sites (tertiary alicyclic amines) is 1. The number of anilines is 1. The van der Waals surface area contributed by atoms with Crippen LogP contribution in [0.1, 0.15) is 25.8 Å². The van der Waals surface area contributed by atoms with Crippen molar-refractivity contribution in [2.24, 2.45) is 5.73 Å². The minimum absolute atomic E-state index is 0.131. The average Bonchev–Trinajstić information content (AvgIpc) is 3.27. The Bertz CT molecular complexity index is 1160. The summed E-state index contributed by atoms with van der Waals surface area (Å²) in [6, 6.07) is 13.3. The van der Waals surface area contributed by atoms with E-state index in [2.05, 4.69) is 16.0 Å². The zero-order valence-corrected chi connectivity index (χ0v) is 21.2. The van der Waals surface area contributed by atoms with Crippen molar-refractivity contribution in [3.05, 3.63) is 71.8 Å². The monoisotopic (exact) mass is 507 g/mol. The van der Waals surface area contributed by atoms with Crippen LogP contribution >= 0.6 is 0 Å². The van der Waals surface area contributed by atoms with Crippen molar-refractivity contribution >= 4 is 29.4 Å². The quantitative estimate of drug-likeness (QED) is 0.384. The van der Waals surface area contributed by atoms with Gasteiger partial charge in [-0.2, -0.15) is 0 Å². The molecule has 1 heterocycles. The lowest BCUT2D eigenvalue weighted by molar-refractivity contribution is -0.136. The van der Waals surface area contributed by atoms with Crippen molar-refractivity contribution in [1.82, 2.24) is 15.5 Å². The summed E-state index contributed by atoms with van der Waals surface area (Å²) in [4.78, 5) is 52.3. The van der Waals surface area contributed by atoms with Crippen LogP contribution < -0.4 is 26.4 Å². The smallest absolute Gasteiger partial charge is 0.319 e. The summed E-state index contributed by atoms with van der Waals surface area (Å²) in [7, 11) is 1.53. The summed E-state index contributed by atoms with van der Waals surface area (Å²) >= 11 is 0. The number of carbonyl (C=O) groups excluding carboxylic acids is 4. The number of amides is 5. The number of ether oxygens (including phenoxy) is 1. The molecule has 10 nitrogen and oxygen atoms in total. The number of benzene rings is 2. The Balaban J connectivity index is 1.71. The SMILES string of the molecule is COc1cccc(NC(=O)NC2CC(C(=O)NC(Cc3ccccc3)C(N)=O)N(C(=O)C=C(C)C)C2)c1. The molecule has 1 aliphatic rings. The van der Waals surface area contributed by atoms with E-state index in [0.29, 0.717) is 11.4 Å². The molecule has 3 atom stereocenters. The van der Waals surface area contributed by atoms with E-state index in [1.54, 1.807) is 38.1 Å². The summed E-state index contributed by atoms with van der Waals surface area (Å²) in [6.07, 6.45) is 1.84. The molecule has 0 spiro atoms. The summed E-state index contributed by atoms with van der Waals surface area (Å²) in [6.45, 7) is 3.69. The fourth-order valence-electron chi connectivity index (χ4n) is 4.16. The number of rotatable bonds is 9. The molecule has 3 rings (SSSR count). The van der Waals surface area contributed by atoms with Crippen LogP contribution in [0.25, 0.3) is 0 Å². The van der Waals surface area contributed by atoms with Gasteiger partial charge in [0.2, 0.25) is 17.7 Å². The first-order valence-corrected chi connectivity index (χ1v) is 12.0. The molecule has 37 heavy (non-hydrogen) atoms. The van der Waals surface area contributed by atoms with E-state index >= 15 is 0 Å². The third-order valence-corrected chi connectivity index (χ3v) is 5.90. The number of allylic oxidation sites excluding steroid dienone is 1. The second kappa shape index (κ2) is 12.6.